The monoisotopic (exact) mass is 363 g/mol. The third-order valence-corrected chi connectivity index (χ3v) is 5.09. The van der Waals surface area contributed by atoms with Crippen LogP contribution in [0.2, 0.25) is 0 Å². The standard InChI is InChI=1S/C21H21N3O3/c1-14-6-8-15(9-7-14)11-23-12-16(10-20(23)26)21(27)24-13-19(25)22-17-4-2-3-5-18(17)24/h2-9,16H,10-13H2,1H3,(H,22,25). The summed E-state index contributed by atoms with van der Waals surface area (Å²) in [5, 5.41) is 2.78. The van der Waals surface area contributed by atoms with E-state index in [-0.39, 0.29) is 30.7 Å². The minimum atomic E-state index is -0.429. The van der Waals surface area contributed by atoms with Gasteiger partial charge in [0.25, 0.3) is 0 Å². The summed E-state index contributed by atoms with van der Waals surface area (Å²) in [6.07, 6.45) is 0.185. The van der Waals surface area contributed by atoms with Crippen molar-refractivity contribution in [2.24, 2.45) is 5.92 Å². The summed E-state index contributed by atoms with van der Waals surface area (Å²) in [6, 6.07) is 15.3. The Morgan fingerprint density at radius 1 is 1.11 bits per heavy atom. The Morgan fingerprint density at radius 2 is 1.85 bits per heavy atom. The van der Waals surface area contributed by atoms with Gasteiger partial charge in [0.15, 0.2) is 0 Å². The van der Waals surface area contributed by atoms with Crippen molar-refractivity contribution < 1.29 is 14.4 Å². The first-order valence-corrected chi connectivity index (χ1v) is 9.05. The van der Waals surface area contributed by atoms with Gasteiger partial charge in [0.1, 0.15) is 6.54 Å². The van der Waals surface area contributed by atoms with Crippen molar-refractivity contribution in [3.8, 4) is 0 Å². The van der Waals surface area contributed by atoms with Crippen LogP contribution in [0.4, 0.5) is 11.4 Å². The van der Waals surface area contributed by atoms with Crippen LogP contribution in [0, 0.1) is 12.8 Å². The number of likely N-dealkylation sites (tertiary alicyclic amines) is 1. The van der Waals surface area contributed by atoms with Gasteiger partial charge >= 0.3 is 0 Å². The van der Waals surface area contributed by atoms with Crippen LogP contribution in [0.3, 0.4) is 0 Å². The van der Waals surface area contributed by atoms with Gasteiger partial charge in [0, 0.05) is 19.5 Å². The molecule has 2 aliphatic heterocycles. The summed E-state index contributed by atoms with van der Waals surface area (Å²) in [5.74, 6) is -0.842. The predicted molar refractivity (Wildman–Crippen MR) is 102 cm³/mol. The molecule has 0 radical (unpaired) electrons. The van der Waals surface area contributed by atoms with E-state index in [1.165, 1.54) is 10.5 Å². The molecule has 0 aromatic heterocycles. The highest BCUT2D eigenvalue weighted by Crippen LogP contribution is 2.32. The molecule has 1 saturated heterocycles. The molecule has 0 saturated carbocycles. The number of hydrogen-bond acceptors (Lipinski definition) is 3. The lowest BCUT2D eigenvalue weighted by atomic mass is 10.1. The maximum absolute atomic E-state index is 13.1. The Kier molecular flexibility index (Phi) is 4.39. The third-order valence-electron chi connectivity index (χ3n) is 5.09. The van der Waals surface area contributed by atoms with Gasteiger partial charge in [-0.15, -0.1) is 0 Å². The van der Waals surface area contributed by atoms with Crippen LogP contribution >= 0.6 is 0 Å². The van der Waals surface area contributed by atoms with Crippen LogP contribution in [-0.4, -0.2) is 35.7 Å². The molecule has 2 heterocycles. The summed E-state index contributed by atoms with van der Waals surface area (Å²) in [7, 11) is 0. The van der Waals surface area contributed by atoms with Crippen molar-refractivity contribution in [3.05, 3.63) is 59.7 Å². The molecule has 6 heteroatoms. The topological polar surface area (TPSA) is 69.7 Å². The number of aryl methyl sites for hydroxylation is 1. The Bertz CT molecular complexity index is 907. The Morgan fingerprint density at radius 3 is 2.63 bits per heavy atom. The minimum Gasteiger partial charge on any atom is -0.338 e. The normalized spacial score (nSPS) is 19.1. The lowest BCUT2D eigenvalue weighted by Crippen LogP contribution is -2.45. The molecule has 138 valence electrons. The molecule has 1 fully saturated rings. The molecule has 0 bridgehead atoms. The van der Waals surface area contributed by atoms with Crippen LogP contribution in [0.15, 0.2) is 48.5 Å². The largest absolute Gasteiger partial charge is 0.338 e. The Hall–Kier alpha value is -3.15. The highest BCUT2D eigenvalue weighted by molar-refractivity contribution is 6.11. The number of nitrogens with zero attached hydrogens (tertiary/aromatic N) is 2. The summed E-state index contributed by atoms with van der Waals surface area (Å²) >= 11 is 0. The number of amides is 3. The van der Waals surface area contributed by atoms with Crippen LogP contribution < -0.4 is 10.2 Å². The summed E-state index contributed by atoms with van der Waals surface area (Å²) in [6.45, 7) is 2.89. The SMILES string of the molecule is Cc1ccc(CN2CC(C(=O)N3CC(=O)Nc4ccccc43)CC2=O)cc1. The van der Waals surface area contributed by atoms with Gasteiger partial charge in [-0.3, -0.25) is 14.4 Å². The van der Waals surface area contributed by atoms with Gasteiger partial charge in [-0.2, -0.15) is 0 Å². The van der Waals surface area contributed by atoms with E-state index in [9.17, 15) is 14.4 Å². The number of hydrogen-bond donors (Lipinski definition) is 1. The number of carbonyl (C=O) groups excluding carboxylic acids is 3. The van der Waals surface area contributed by atoms with Gasteiger partial charge in [0.05, 0.1) is 17.3 Å². The molecular formula is C21H21N3O3. The van der Waals surface area contributed by atoms with Crippen molar-refractivity contribution in [2.45, 2.75) is 19.9 Å². The highest BCUT2D eigenvalue weighted by atomic mass is 16.2. The van der Waals surface area contributed by atoms with Gasteiger partial charge in [-0.1, -0.05) is 42.0 Å². The molecule has 0 spiro atoms. The minimum absolute atomic E-state index is 0.0154. The fourth-order valence-electron chi connectivity index (χ4n) is 3.65. The zero-order valence-corrected chi connectivity index (χ0v) is 15.1. The van der Waals surface area contributed by atoms with Crippen LogP contribution in [0.5, 0.6) is 0 Å². The molecule has 0 aliphatic carbocycles. The van der Waals surface area contributed by atoms with Crippen molar-refractivity contribution >= 4 is 29.1 Å². The molecule has 2 aromatic rings. The van der Waals surface area contributed by atoms with Crippen LogP contribution in [0.1, 0.15) is 17.5 Å². The average molecular weight is 363 g/mol. The van der Waals surface area contributed by atoms with Crippen molar-refractivity contribution in [1.29, 1.82) is 0 Å². The van der Waals surface area contributed by atoms with E-state index >= 15 is 0 Å². The zero-order chi connectivity index (χ0) is 19.0. The first kappa shape index (κ1) is 17.3. The number of para-hydroxylation sites is 2. The predicted octanol–water partition coefficient (Wildman–Crippen LogP) is 2.33. The fraction of sp³-hybridized carbons (Fsp3) is 0.286. The highest BCUT2D eigenvalue weighted by Gasteiger charge is 2.38. The number of anilines is 2. The molecule has 6 nitrogen and oxygen atoms in total. The van der Waals surface area contributed by atoms with Crippen molar-refractivity contribution in [1.82, 2.24) is 4.90 Å². The summed E-state index contributed by atoms with van der Waals surface area (Å²) in [5.41, 5.74) is 3.53. The number of rotatable bonds is 3. The number of fused-ring (bicyclic) bond motifs is 1. The van der Waals surface area contributed by atoms with Gasteiger partial charge in [-0.05, 0) is 24.6 Å². The molecule has 1 atom stereocenters. The lowest BCUT2D eigenvalue weighted by Gasteiger charge is -2.30. The van der Waals surface area contributed by atoms with E-state index in [4.69, 9.17) is 0 Å². The maximum atomic E-state index is 13.1. The second-order valence-corrected chi connectivity index (χ2v) is 7.15. The second kappa shape index (κ2) is 6.87. The summed E-state index contributed by atoms with van der Waals surface area (Å²) < 4.78 is 0. The molecule has 1 N–H and O–H groups in total. The number of nitrogens with one attached hydrogen (secondary N) is 1. The molecule has 2 aliphatic rings. The lowest BCUT2D eigenvalue weighted by molar-refractivity contribution is -0.129. The molecule has 4 rings (SSSR count). The first-order valence-electron chi connectivity index (χ1n) is 9.05. The molecule has 27 heavy (non-hydrogen) atoms. The Balaban J connectivity index is 1.49. The van der Waals surface area contributed by atoms with E-state index in [0.29, 0.717) is 24.5 Å². The number of benzene rings is 2. The van der Waals surface area contributed by atoms with E-state index in [1.807, 2.05) is 49.4 Å². The second-order valence-electron chi connectivity index (χ2n) is 7.15. The van der Waals surface area contributed by atoms with Crippen molar-refractivity contribution in [2.75, 3.05) is 23.3 Å². The zero-order valence-electron chi connectivity index (χ0n) is 15.1. The van der Waals surface area contributed by atoms with Crippen LogP contribution in [0.25, 0.3) is 0 Å². The fourth-order valence-corrected chi connectivity index (χ4v) is 3.65. The molecule has 2 aromatic carbocycles. The Labute approximate surface area is 157 Å². The van der Waals surface area contributed by atoms with E-state index < -0.39 is 5.92 Å². The first-order chi connectivity index (χ1) is 13.0. The van der Waals surface area contributed by atoms with Gasteiger partial charge in [-0.25, -0.2) is 0 Å². The van der Waals surface area contributed by atoms with E-state index in [0.717, 1.165) is 5.56 Å². The van der Waals surface area contributed by atoms with Crippen molar-refractivity contribution in [3.63, 3.8) is 0 Å². The molecular weight excluding hydrogens is 342 g/mol. The van der Waals surface area contributed by atoms with Gasteiger partial charge in [0.2, 0.25) is 17.7 Å². The molecule has 1 unspecified atom stereocenters. The average Bonchev–Trinajstić information content (AvgIpc) is 3.03. The summed E-state index contributed by atoms with van der Waals surface area (Å²) in [4.78, 5) is 40.7. The number of carbonyl (C=O) groups is 3. The van der Waals surface area contributed by atoms with E-state index in [1.54, 1.807) is 11.0 Å². The molecule has 3 amide bonds. The maximum Gasteiger partial charge on any atom is 0.244 e. The third kappa shape index (κ3) is 3.43. The van der Waals surface area contributed by atoms with Gasteiger partial charge < -0.3 is 15.1 Å². The quantitative estimate of drug-likeness (QED) is 0.910. The smallest absolute Gasteiger partial charge is 0.244 e. The van der Waals surface area contributed by atoms with E-state index in [2.05, 4.69) is 5.32 Å². The van der Waals surface area contributed by atoms with Crippen LogP contribution in [-0.2, 0) is 20.9 Å².